The van der Waals surface area contributed by atoms with Crippen LogP contribution in [-0.2, 0) is 0 Å². The van der Waals surface area contributed by atoms with E-state index in [1.54, 1.807) is 29.2 Å². The first-order valence-electron chi connectivity index (χ1n) is 5.78. The number of aromatic nitrogens is 4. The first-order chi connectivity index (χ1) is 9.24. The molecule has 1 amide bonds. The molecule has 0 atom stereocenters. The monoisotopic (exact) mass is 278 g/mol. The van der Waals surface area contributed by atoms with E-state index in [1.807, 2.05) is 0 Å². The highest BCUT2D eigenvalue weighted by atomic mass is 35.5. The summed E-state index contributed by atoms with van der Waals surface area (Å²) >= 11 is 5.92. The molecule has 1 fully saturated rings. The molecule has 3 rings (SSSR count). The Morgan fingerprint density at radius 2 is 2.37 bits per heavy atom. The number of carbonyl (C=O) groups excluding carboxylic acids is 1. The van der Waals surface area contributed by atoms with Crippen LogP contribution in [0.15, 0.2) is 24.5 Å². The third-order valence-corrected chi connectivity index (χ3v) is 3.17. The predicted octanol–water partition coefficient (Wildman–Crippen LogP) is 0.723. The standard InChI is InChI=1S/C11H11ClN6O/c12-8-2-1-3-14-10(8)15-11(19)9-6-18(17-16-9)7-4-13-5-7/h1-3,6-7,13H,4-5H2,(H,14,15,19). The van der Waals surface area contributed by atoms with Crippen molar-refractivity contribution in [1.29, 1.82) is 0 Å². The van der Waals surface area contributed by atoms with Crippen LogP contribution in [0.3, 0.4) is 0 Å². The van der Waals surface area contributed by atoms with Crippen LogP contribution in [0.5, 0.6) is 0 Å². The maximum Gasteiger partial charge on any atom is 0.279 e. The van der Waals surface area contributed by atoms with E-state index >= 15 is 0 Å². The quantitative estimate of drug-likeness (QED) is 0.864. The average molecular weight is 279 g/mol. The number of rotatable bonds is 3. The van der Waals surface area contributed by atoms with E-state index in [0.717, 1.165) is 13.1 Å². The highest BCUT2D eigenvalue weighted by Gasteiger charge is 2.22. The predicted molar refractivity (Wildman–Crippen MR) is 69.1 cm³/mol. The molecule has 8 heteroatoms. The number of nitrogens with one attached hydrogen (secondary N) is 2. The first kappa shape index (κ1) is 12.1. The average Bonchev–Trinajstić information content (AvgIpc) is 2.79. The summed E-state index contributed by atoms with van der Waals surface area (Å²) in [4.78, 5) is 16.0. The van der Waals surface area contributed by atoms with Gasteiger partial charge in [0.1, 0.15) is 0 Å². The number of pyridine rings is 1. The molecular formula is C11H11ClN6O. The summed E-state index contributed by atoms with van der Waals surface area (Å²) in [5, 5.41) is 13.9. The second kappa shape index (κ2) is 4.94. The molecule has 0 saturated carbocycles. The first-order valence-corrected chi connectivity index (χ1v) is 6.16. The molecule has 2 aromatic heterocycles. The van der Waals surface area contributed by atoms with Gasteiger partial charge in [-0.05, 0) is 12.1 Å². The molecule has 0 unspecified atom stereocenters. The van der Waals surface area contributed by atoms with Crippen molar-refractivity contribution in [3.8, 4) is 0 Å². The van der Waals surface area contributed by atoms with Gasteiger partial charge in [0.15, 0.2) is 11.5 Å². The fraction of sp³-hybridized carbons (Fsp3) is 0.273. The third kappa shape index (κ3) is 2.42. The molecule has 1 saturated heterocycles. The van der Waals surface area contributed by atoms with Crippen LogP contribution >= 0.6 is 11.6 Å². The van der Waals surface area contributed by atoms with Crippen molar-refractivity contribution in [3.63, 3.8) is 0 Å². The van der Waals surface area contributed by atoms with E-state index in [9.17, 15) is 4.79 Å². The lowest BCUT2D eigenvalue weighted by Crippen LogP contribution is -2.43. The molecule has 2 aromatic rings. The van der Waals surface area contributed by atoms with E-state index in [0.29, 0.717) is 10.8 Å². The highest BCUT2D eigenvalue weighted by molar-refractivity contribution is 6.33. The maximum absolute atomic E-state index is 12.0. The molecular weight excluding hydrogens is 268 g/mol. The van der Waals surface area contributed by atoms with E-state index < -0.39 is 0 Å². The molecule has 19 heavy (non-hydrogen) atoms. The van der Waals surface area contributed by atoms with Gasteiger partial charge in [-0.1, -0.05) is 16.8 Å². The minimum Gasteiger partial charge on any atom is -0.312 e. The SMILES string of the molecule is O=C(Nc1ncccc1Cl)c1cn(C2CNC2)nn1. The molecule has 0 aliphatic carbocycles. The Kier molecular flexibility index (Phi) is 3.14. The van der Waals surface area contributed by atoms with Gasteiger partial charge >= 0.3 is 0 Å². The maximum atomic E-state index is 12.0. The van der Waals surface area contributed by atoms with Gasteiger partial charge in [-0.3, -0.25) is 4.79 Å². The van der Waals surface area contributed by atoms with Crippen LogP contribution < -0.4 is 10.6 Å². The van der Waals surface area contributed by atoms with Gasteiger partial charge in [0.05, 0.1) is 17.3 Å². The zero-order valence-corrected chi connectivity index (χ0v) is 10.6. The van der Waals surface area contributed by atoms with Gasteiger partial charge in [-0.2, -0.15) is 0 Å². The van der Waals surface area contributed by atoms with Gasteiger partial charge in [0, 0.05) is 19.3 Å². The van der Waals surface area contributed by atoms with E-state index in [2.05, 4.69) is 25.9 Å². The molecule has 3 heterocycles. The van der Waals surface area contributed by atoms with Crippen LogP contribution in [0.4, 0.5) is 5.82 Å². The molecule has 0 spiro atoms. The summed E-state index contributed by atoms with van der Waals surface area (Å²) in [5.74, 6) is -0.0619. The van der Waals surface area contributed by atoms with Crippen LogP contribution in [0, 0.1) is 0 Å². The van der Waals surface area contributed by atoms with Crippen molar-refractivity contribution in [1.82, 2.24) is 25.3 Å². The zero-order chi connectivity index (χ0) is 13.2. The summed E-state index contributed by atoms with van der Waals surface area (Å²) in [5.41, 5.74) is 0.244. The number of anilines is 1. The van der Waals surface area contributed by atoms with Crippen LogP contribution in [0.25, 0.3) is 0 Å². The fourth-order valence-electron chi connectivity index (χ4n) is 1.67. The minimum atomic E-state index is -0.376. The van der Waals surface area contributed by atoms with Crippen molar-refractivity contribution in [2.45, 2.75) is 6.04 Å². The Labute approximate surface area is 114 Å². The molecule has 1 aliphatic rings. The second-order valence-corrected chi connectivity index (χ2v) is 4.59. The van der Waals surface area contributed by atoms with Crippen molar-refractivity contribution < 1.29 is 4.79 Å². The van der Waals surface area contributed by atoms with Crippen molar-refractivity contribution in [2.24, 2.45) is 0 Å². The summed E-state index contributed by atoms with van der Waals surface area (Å²) in [6.07, 6.45) is 3.18. The summed E-state index contributed by atoms with van der Waals surface area (Å²) in [7, 11) is 0. The topological polar surface area (TPSA) is 84.7 Å². The van der Waals surface area contributed by atoms with Gasteiger partial charge in [-0.25, -0.2) is 9.67 Å². The lowest BCUT2D eigenvalue weighted by molar-refractivity contribution is 0.102. The summed E-state index contributed by atoms with van der Waals surface area (Å²) in [6, 6.07) is 3.62. The Balaban J connectivity index is 1.73. The summed E-state index contributed by atoms with van der Waals surface area (Å²) in [6.45, 7) is 1.69. The lowest BCUT2D eigenvalue weighted by atomic mass is 10.2. The van der Waals surface area contributed by atoms with Crippen molar-refractivity contribution in [2.75, 3.05) is 18.4 Å². The summed E-state index contributed by atoms with van der Waals surface area (Å²) < 4.78 is 1.69. The molecule has 0 radical (unpaired) electrons. The minimum absolute atomic E-state index is 0.244. The number of hydrogen-bond acceptors (Lipinski definition) is 5. The van der Waals surface area contributed by atoms with Crippen molar-refractivity contribution in [3.05, 3.63) is 35.2 Å². The van der Waals surface area contributed by atoms with Crippen molar-refractivity contribution >= 4 is 23.3 Å². The second-order valence-electron chi connectivity index (χ2n) is 4.18. The van der Waals surface area contributed by atoms with Crippen LogP contribution in [0.2, 0.25) is 5.02 Å². The number of carbonyl (C=O) groups is 1. The number of nitrogens with zero attached hydrogens (tertiary/aromatic N) is 4. The fourth-order valence-corrected chi connectivity index (χ4v) is 1.84. The Hall–Kier alpha value is -1.99. The van der Waals surface area contributed by atoms with E-state index in [1.165, 1.54) is 0 Å². The van der Waals surface area contributed by atoms with E-state index in [4.69, 9.17) is 11.6 Å². The van der Waals surface area contributed by atoms with Crippen LogP contribution in [0.1, 0.15) is 16.5 Å². The molecule has 0 bridgehead atoms. The molecule has 98 valence electrons. The smallest absolute Gasteiger partial charge is 0.279 e. The Morgan fingerprint density at radius 1 is 1.53 bits per heavy atom. The highest BCUT2D eigenvalue weighted by Crippen LogP contribution is 2.18. The lowest BCUT2D eigenvalue weighted by Gasteiger charge is -2.26. The number of hydrogen-bond donors (Lipinski definition) is 2. The molecule has 0 aromatic carbocycles. The van der Waals surface area contributed by atoms with Gasteiger partial charge in [0.25, 0.3) is 5.91 Å². The largest absolute Gasteiger partial charge is 0.312 e. The van der Waals surface area contributed by atoms with Gasteiger partial charge < -0.3 is 10.6 Å². The molecule has 2 N–H and O–H groups in total. The van der Waals surface area contributed by atoms with E-state index in [-0.39, 0.29) is 17.6 Å². The Bertz CT molecular complexity index is 609. The zero-order valence-electron chi connectivity index (χ0n) is 9.88. The number of amides is 1. The molecule has 7 nitrogen and oxygen atoms in total. The van der Waals surface area contributed by atoms with Gasteiger partial charge in [0.2, 0.25) is 0 Å². The molecule has 1 aliphatic heterocycles. The third-order valence-electron chi connectivity index (χ3n) is 2.87. The normalized spacial score (nSPS) is 15.0. The number of halogens is 1. The van der Waals surface area contributed by atoms with Crippen LogP contribution in [-0.4, -0.2) is 39.0 Å². The Morgan fingerprint density at radius 3 is 3.05 bits per heavy atom. The van der Waals surface area contributed by atoms with Gasteiger partial charge in [-0.15, -0.1) is 5.10 Å².